The van der Waals surface area contributed by atoms with E-state index in [1.165, 1.54) is 0 Å². The van der Waals surface area contributed by atoms with Crippen molar-refractivity contribution in [1.82, 2.24) is 14.9 Å². The third-order valence-electron chi connectivity index (χ3n) is 4.44. The number of rotatable bonds is 2. The summed E-state index contributed by atoms with van der Waals surface area (Å²) in [6.07, 6.45) is 3.90. The van der Waals surface area contributed by atoms with Gasteiger partial charge in [0.05, 0.1) is 17.4 Å². The maximum atomic E-state index is 12.5. The number of benzene rings is 1. The van der Waals surface area contributed by atoms with Gasteiger partial charge in [-0.1, -0.05) is 13.8 Å². The lowest BCUT2D eigenvalue weighted by atomic mass is 9.86. The molecule has 0 aliphatic carbocycles. The zero-order valence-corrected chi connectivity index (χ0v) is 12.1. The van der Waals surface area contributed by atoms with Gasteiger partial charge in [0.15, 0.2) is 0 Å². The molecule has 1 saturated heterocycles. The minimum Gasteiger partial charge on any atom is -0.345 e. The van der Waals surface area contributed by atoms with Crippen LogP contribution in [0, 0.1) is 11.8 Å². The monoisotopic (exact) mass is 271 g/mol. The standard InChI is InChI=1S/C16H21N3O/c1-11(2)12-5-7-19(8-6-12)16(20)13-3-4-14-15(9-13)18-10-17-14/h3-4,9-12H,5-8H2,1-2H3,(H,17,18). The summed E-state index contributed by atoms with van der Waals surface area (Å²) < 4.78 is 0. The highest BCUT2D eigenvalue weighted by atomic mass is 16.2. The zero-order chi connectivity index (χ0) is 14.1. The van der Waals surface area contributed by atoms with E-state index in [9.17, 15) is 4.79 Å². The summed E-state index contributed by atoms with van der Waals surface area (Å²) in [5.41, 5.74) is 2.58. The van der Waals surface area contributed by atoms with Crippen LogP contribution in [0.15, 0.2) is 24.5 Å². The lowest BCUT2D eigenvalue weighted by Crippen LogP contribution is -2.39. The van der Waals surface area contributed by atoms with E-state index in [4.69, 9.17) is 0 Å². The van der Waals surface area contributed by atoms with E-state index in [-0.39, 0.29) is 5.91 Å². The van der Waals surface area contributed by atoms with Crippen LogP contribution in [0.2, 0.25) is 0 Å². The van der Waals surface area contributed by atoms with Gasteiger partial charge in [-0.05, 0) is 42.9 Å². The third-order valence-corrected chi connectivity index (χ3v) is 4.44. The minimum absolute atomic E-state index is 0.142. The van der Waals surface area contributed by atoms with Crippen molar-refractivity contribution >= 4 is 16.9 Å². The summed E-state index contributed by atoms with van der Waals surface area (Å²) in [5.74, 6) is 1.62. The second-order valence-corrected chi connectivity index (χ2v) is 6.01. The topological polar surface area (TPSA) is 49.0 Å². The summed E-state index contributed by atoms with van der Waals surface area (Å²) in [6.45, 7) is 6.30. The van der Waals surface area contributed by atoms with Gasteiger partial charge in [-0.2, -0.15) is 0 Å². The molecule has 0 atom stereocenters. The highest BCUT2D eigenvalue weighted by Gasteiger charge is 2.25. The Morgan fingerprint density at radius 1 is 1.35 bits per heavy atom. The number of carbonyl (C=O) groups is 1. The Morgan fingerprint density at radius 3 is 2.80 bits per heavy atom. The third kappa shape index (κ3) is 2.42. The molecule has 1 N–H and O–H groups in total. The zero-order valence-electron chi connectivity index (χ0n) is 12.1. The highest BCUT2D eigenvalue weighted by molar-refractivity contribution is 5.97. The van der Waals surface area contributed by atoms with Crippen LogP contribution in [0.3, 0.4) is 0 Å². The number of piperidine rings is 1. The molecule has 1 aliphatic heterocycles. The van der Waals surface area contributed by atoms with Gasteiger partial charge in [-0.3, -0.25) is 4.79 Å². The molecule has 2 aromatic rings. The van der Waals surface area contributed by atoms with Gasteiger partial charge in [-0.25, -0.2) is 4.98 Å². The molecule has 0 unspecified atom stereocenters. The molecule has 1 fully saturated rings. The second-order valence-electron chi connectivity index (χ2n) is 6.01. The van der Waals surface area contributed by atoms with Crippen LogP contribution < -0.4 is 0 Å². The van der Waals surface area contributed by atoms with E-state index in [1.807, 2.05) is 23.1 Å². The predicted octanol–water partition coefficient (Wildman–Crippen LogP) is 3.07. The van der Waals surface area contributed by atoms with Crippen LogP contribution in [0.1, 0.15) is 37.0 Å². The molecule has 4 nitrogen and oxygen atoms in total. The highest BCUT2D eigenvalue weighted by Crippen LogP contribution is 2.25. The number of aromatic amines is 1. The van der Waals surface area contributed by atoms with E-state index in [0.29, 0.717) is 5.92 Å². The Hall–Kier alpha value is -1.84. The van der Waals surface area contributed by atoms with Crippen molar-refractivity contribution in [2.45, 2.75) is 26.7 Å². The van der Waals surface area contributed by atoms with Crippen molar-refractivity contribution in [3.05, 3.63) is 30.1 Å². The lowest BCUT2D eigenvalue weighted by molar-refractivity contribution is 0.0668. The number of fused-ring (bicyclic) bond motifs is 1. The van der Waals surface area contributed by atoms with Crippen molar-refractivity contribution < 1.29 is 4.79 Å². The first-order valence-corrected chi connectivity index (χ1v) is 7.37. The van der Waals surface area contributed by atoms with Crippen LogP contribution >= 0.6 is 0 Å². The molecule has 1 aromatic carbocycles. The van der Waals surface area contributed by atoms with E-state index in [2.05, 4.69) is 23.8 Å². The van der Waals surface area contributed by atoms with Gasteiger partial charge in [0.2, 0.25) is 0 Å². The van der Waals surface area contributed by atoms with Gasteiger partial charge in [0.25, 0.3) is 5.91 Å². The summed E-state index contributed by atoms with van der Waals surface area (Å²) >= 11 is 0. The van der Waals surface area contributed by atoms with Crippen LogP contribution in [-0.2, 0) is 0 Å². The van der Waals surface area contributed by atoms with Crippen LogP contribution in [0.25, 0.3) is 11.0 Å². The minimum atomic E-state index is 0.142. The number of likely N-dealkylation sites (tertiary alicyclic amines) is 1. The summed E-state index contributed by atoms with van der Waals surface area (Å²) in [7, 11) is 0. The summed E-state index contributed by atoms with van der Waals surface area (Å²) in [4.78, 5) is 21.8. The number of H-pyrrole nitrogens is 1. The van der Waals surface area contributed by atoms with Crippen molar-refractivity contribution in [2.75, 3.05) is 13.1 Å². The predicted molar refractivity (Wildman–Crippen MR) is 79.6 cm³/mol. The number of aromatic nitrogens is 2. The van der Waals surface area contributed by atoms with Gasteiger partial charge in [0, 0.05) is 18.7 Å². The molecule has 1 amide bonds. The van der Waals surface area contributed by atoms with E-state index >= 15 is 0 Å². The Labute approximate surface area is 119 Å². The smallest absolute Gasteiger partial charge is 0.253 e. The first-order valence-electron chi connectivity index (χ1n) is 7.37. The molecule has 1 aromatic heterocycles. The summed E-state index contributed by atoms with van der Waals surface area (Å²) in [5, 5.41) is 0. The second kappa shape index (κ2) is 5.27. The van der Waals surface area contributed by atoms with E-state index < -0.39 is 0 Å². The van der Waals surface area contributed by atoms with Crippen LogP contribution in [0.4, 0.5) is 0 Å². The molecule has 3 rings (SSSR count). The van der Waals surface area contributed by atoms with Crippen LogP contribution in [0.5, 0.6) is 0 Å². The maximum absolute atomic E-state index is 12.5. The molecule has 0 bridgehead atoms. The fourth-order valence-electron chi connectivity index (χ4n) is 3.02. The largest absolute Gasteiger partial charge is 0.345 e. The van der Waals surface area contributed by atoms with Crippen molar-refractivity contribution in [3.8, 4) is 0 Å². The van der Waals surface area contributed by atoms with E-state index in [0.717, 1.165) is 48.4 Å². The Balaban J connectivity index is 1.73. The Morgan fingerprint density at radius 2 is 2.10 bits per heavy atom. The molecular formula is C16H21N3O. The van der Waals surface area contributed by atoms with E-state index in [1.54, 1.807) is 6.33 Å². The van der Waals surface area contributed by atoms with Gasteiger partial charge in [0.1, 0.15) is 0 Å². The lowest BCUT2D eigenvalue weighted by Gasteiger charge is -2.33. The Kier molecular flexibility index (Phi) is 3.47. The number of hydrogen-bond acceptors (Lipinski definition) is 2. The number of hydrogen-bond donors (Lipinski definition) is 1. The first kappa shape index (κ1) is 13.2. The number of amides is 1. The van der Waals surface area contributed by atoms with Crippen LogP contribution in [-0.4, -0.2) is 33.9 Å². The molecular weight excluding hydrogens is 250 g/mol. The SMILES string of the molecule is CC(C)C1CCN(C(=O)c2ccc3nc[nH]c3c2)CC1. The quantitative estimate of drug-likeness (QED) is 0.912. The molecule has 20 heavy (non-hydrogen) atoms. The number of imidazole rings is 1. The average Bonchev–Trinajstić information content (AvgIpc) is 2.94. The van der Waals surface area contributed by atoms with Crippen molar-refractivity contribution in [3.63, 3.8) is 0 Å². The maximum Gasteiger partial charge on any atom is 0.253 e. The van der Waals surface area contributed by atoms with Gasteiger partial charge >= 0.3 is 0 Å². The molecule has 0 saturated carbocycles. The van der Waals surface area contributed by atoms with Gasteiger partial charge in [-0.15, -0.1) is 0 Å². The molecule has 4 heteroatoms. The van der Waals surface area contributed by atoms with Gasteiger partial charge < -0.3 is 9.88 Å². The fraction of sp³-hybridized carbons (Fsp3) is 0.500. The fourth-order valence-corrected chi connectivity index (χ4v) is 3.02. The number of nitrogens with zero attached hydrogens (tertiary/aromatic N) is 2. The number of nitrogens with one attached hydrogen (secondary N) is 1. The molecule has 1 aliphatic rings. The summed E-state index contributed by atoms with van der Waals surface area (Å²) in [6, 6.07) is 5.68. The normalized spacial score (nSPS) is 17.1. The number of carbonyl (C=O) groups excluding carboxylic acids is 1. The Bertz CT molecular complexity index is 609. The molecule has 106 valence electrons. The molecule has 0 spiro atoms. The van der Waals surface area contributed by atoms with Crippen molar-refractivity contribution in [2.24, 2.45) is 11.8 Å². The van der Waals surface area contributed by atoms with Crippen molar-refractivity contribution in [1.29, 1.82) is 0 Å². The first-order chi connectivity index (χ1) is 9.65. The average molecular weight is 271 g/mol. The molecule has 0 radical (unpaired) electrons. The molecule has 2 heterocycles.